The fraction of sp³-hybridized carbons (Fsp3) is 0.143. The normalized spacial score (nSPS) is 13.3. The van der Waals surface area contributed by atoms with Gasteiger partial charge in [-0.25, -0.2) is 0 Å². The monoisotopic (exact) mass is 252 g/mol. The third kappa shape index (κ3) is 2.71. The van der Waals surface area contributed by atoms with Gasteiger partial charge in [-0.05, 0) is 16.7 Å². The molecule has 2 rings (SSSR count). The van der Waals surface area contributed by atoms with Gasteiger partial charge in [-0.1, -0.05) is 54.6 Å². The molecule has 0 saturated heterocycles. The number of benzene rings is 2. The molecule has 1 unspecified atom stereocenters. The molecule has 0 aliphatic heterocycles. The van der Waals surface area contributed by atoms with Crippen LogP contribution in [0.1, 0.15) is 11.7 Å². The minimum absolute atomic E-state index is 0.151. The molecule has 94 valence electrons. The summed E-state index contributed by atoms with van der Waals surface area (Å²) < 4.78 is 36.9. The van der Waals surface area contributed by atoms with Crippen LogP contribution < -0.4 is 0 Å². The van der Waals surface area contributed by atoms with Gasteiger partial charge in [-0.2, -0.15) is 13.2 Å². The van der Waals surface area contributed by atoms with Crippen molar-refractivity contribution in [3.05, 3.63) is 60.2 Å². The molecule has 0 heterocycles. The van der Waals surface area contributed by atoms with Crippen LogP contribution in [0.4, 0.5) is 13.2 Å². The van der Waals surface area contributed by atoms with Crippen LogP contribution in [0.2, 0.25) is 0 Å². The third-order valence-electron chi connectivity index (χ3n) is 2.64. The number of aliphatic hydroxyl groups excluding tert-OH is 1. The van der Waals surface area contributed by atoms with E-state index in [1.165, 1.54) is 12.1 Å². The largest absolute Gasteiger partial charge is 0.418 e. The van der Waals surface area contributed by atoms with E-state index < -0.39 is 12.3 Å². The fourth-order valence-corrected chi connectivity index (χ4v) is 1.68. The Balaban J connectivity index is 2.26. The first-order valence-electron chi connectivity index (χ1n) is 5.38. The highest BCUT2D eigenvalue weighted by Crippen LogP contribution is 2.33. The SMILES string of the molecule is OC(c1ccc(-c2ccccc2)cc1)C(F)(F)F. The lowest BCUT2D eigenvalue weighted by Crippen LogP contribution is -2.19. The predicted molar refractivity (Wildman–Crippen MR) is 62.9 cm³/mol. The predicted octanol–water partition coefficient (Wildman–Crippen LogP) is 3.95. The van der Waals surface area contributed by atoms with E-state index in [1.54, 1.807) is 12.1 Å². The standard InChI is InChI=1S/C14H11F3O/c15-14(16,17)13(18)12-8-6-11(7-9-12)10-4-2-1-3-5-10/h1-9,13,18H. The van der Waals surface area contributed by atoms with Gasteiger partial charge in [-0.15, -0.1) is 0 Å². The summed E-state index contributed by atoms with van der Waals surface area (Å²) in [6.07, 6.45) is -7.06. The van der Waals surface area contributed by atoms with Gasteiger partial charge in [0.1, 0.15) is 0 Å². The Morgan fingerprint density at radius 3 is 1.78 bits per heavy atom. The molecule has 0 radical (unpaired) electrons. The minimum atomic E-state index is -4.63. The Hall–Kier alpha value is -1.81. The first-order chi connectivity index (χ1) is 8.48. The van der Waals surface area contributed by atoms with Gasteiger partial charge in [0, 0.05) is 0 Å². The van der Waals surface area contributed by atoms with Crippen LogP contribution in [0, 0.1) is 0 Å². The van der Waals surface area contributed by atoms with Crippen molar-refractivity contribution in [2.75, 3.05) is 0 Å². The highest BCUT2D eigenvalue weighted by Gasteiger charge is 2.39. The van der Waals surface area contributed by atoms with Crippen LogP contribution in [0.15, 0.2) is 54.6 Å². The fourth-order valence-electron chi connectivity index (χ4n) is 1.68. The topological polar surface area (TPSA) is 20.2 Å². The van der Waals surface area contributed by atoms with E-state index in [0.29, 0.717) is 0 Å². The van der Waals surface area contributed by atoms with E-state index in [4.69, 9.17) is 5.11 Å². The Morgan fingerprint density at radius 2 is 1.28 bits per heavy atom. The molecular weight excluding hydrogens is 241 g/mol. The lowest BCUT2D eigenvalue weighted by atomic mass is 10.0. The van der Waals surface area contributed by atoms with E-state index >= 15 is 0 Å². The molecule has 1 atom stereocenters. The lowest BCUT2D eigenvalue weighted by Gasteiger charge is -2.15. The lowest BCUT2D eigenvalue weighted by molar-refractivity contribution is -0.206. The maximum Gasteiger partial charge on any atom is 0.418 e. The van der Waals surface area contributed by atoms with Gasteiger partial charge in [-0.3, -0.25) is 0 Å². The smallest absolute Gasteiger partial charge is 0.379 e. The summed E-state index contributed by atoms with van der Waals surface area (Å²) >= 11 is 0. The van der Waals surface area contributed by atoms with Crippen molar-refractivity contribution in [1.82, 2.24) is 0 Å². The maximum absolute atomic E-state index is 12.3. The van der Waals surface area contributed by atoms with E-state index in [1.807, 2.05) is 30.3 Å². The van der Waals surface area contributed by atoms with Crippen LogP contribution in [0.3, 0.4) is 0 Å². The van der Waals surface area contributed by atoms with Crippen LogP contribution >= 0.6 is 0 Å². The highest BCUT2D eigenvalue weighted by molar-refractivity contribution is 5.63. The van der Waals surface area contributed by atoms with Gasteiger partial charge in [0.15, 0.2) is 6.10 Å². The highest BCUT2D eigenvalue weighted by atomic mass is 19.4. The van der Waals surface area contributed by atoms with E-state index in [9.17, 15) is 13.2 Å². The number of halogens is 3. The van der Waals surface area contributed by atoms with Crippen molar-refractivity contribution >= 4 is 0 Å². The molecular formula is C14H11F3O. The third-order valence-corrected chi connectivity index (χ3v) is 2.64. The first kappa shape index (κ1) is 12.6. The summed E-state index contributed by atoms with van der Waals surface area (Å²) in [4.78, 5) is 0. The first-order valence-corrected chi connectivity index (χ1v) is 5.38. The average molecular weight is 252 g/mol. The Labute approximate surface area is 103 Å². The van der Waals surface area contributed by atoms with E-state index in [0.717, 1.165) is 11.1 Å². The summed E-state index contributed by atoms with van der Waals surface area (Å²) in [5.41, 5.74) is 1.58. The second-order valence-electron chi connectivity index (χ2n) is 3.93. The molecule has 0 spiro atoms. The summed E-state index contributed by atoms with van der Waals surface area (Å²) in [6.45, 7) is 0. The van der Waals surface area contributed by atoms with Crippen molar-refractivity contribution in [1.29, 1.82) is 0 Å². The van der Waals surface area contributed by atoms with Crippen molar-refractivity contribution < 1.29 is 18.3 Å². The maximum atomic E-state index is 12.3. The van der Waals surface area contributed by atoms with E-state index in [-0.39, 0.29) is 5.56 Å². The number of alkyl halides is 3. The van der Waals surface area contributed by atoms with Crippen LogP contribution in [-0.4, -0.2) is 11.3 Å². The van der Waals surface area contributed by atoms with Crippen LogP contribution in [0.5, 0.6) is 0 Å². The van der Waals surface area contributed by atoms with E-state index in [2.05, 4.69) is 0 Å². The van der Waals surface area contributed by atoms with Crippen molar-refractivity contribution in [2.24, 2.45) is 0 Å². The Morgan fingerprint density at radius 1 is 0.778 bits per heavy atom. The summed E-state index contributed by atoms with van der Waals surface area (Å²) in [5, 5.41) is 9.09. The van der Waals surface area contributed by atoms with Gasteiger partial charge in [0.05, 0.1) is 0 Å². The average Bonchev–Trinajstić information content (AvgIpc) is 2.38. The molecule has 0 aliphatic rings. The molecule has 4 heteroatoms. The Kier molecular flexibility index (Phi) is 3.39. The van der Waals surface area contributed by atoms with Crippen LogP contribution in [0.25, 0.3) is 11.1 Å². The molecule has 0 saturated carbocycles. The van der Waals surface area contributed by atoms with Gasteiger partial charge >= 0.3 is 6.18 Å². The second-order valence-corrected chi connectivity index (χ2v) is 3.93. The van der Waals surface area contributed by atoms with Gasteiger partial charge < -0.3 is 5.11 Å². The van der Waals surface area contributed by atoms with Crippen molar-refractivity contribution in [3.8, 4) is 11.1 Å². The van der Waals surface area contributed by atoms with Crippen molar-refractivity contribution in [3.63, 3.8) is 0 Å². The van der Waals surface area contributed by atoms with Crippen LogP contribution in [-0.2, 0) is 0 Å². The zero-order chi connectivity index (χ0) is 13.2. The molecule has 0 aliphatic carbocycles. The van der Waals surface area contributed by atoms with Gasteiger partial charge in [0.25, 0.3) is 0 Å². The molecule has 0 aromatic heterocycles. The molecule has 0 fully saturated rings. The minimum Gasteiger partial charge on any atom is -0.379 e. The molecule has 1 nitrogen and oxygen atoms in total. The number of aliphatic hydroxyl groups is 1. The van der Waals surface area contributed by atoms with Crippen molar-refractivity contribution in [2.45, 2.75) is 12.3 Å². The quantitative estimate of drug-likeness (QED) is 0.858. The number of hydrogen-bond donors (Lipinski definition) is 1. The Bertz CT molecular complexity index is 503. The molecule has 18 heavy (non-hydrogen) atoms. The zero-order valence-electron chi connectivity index (χ0n) is 9.35. The van der Waals surface area contributed by atoms with Gasteiger partial charge in [0.2, 0.25) is 0 Å². The molecule has 2 aromatic carbocycles. The molecule has 0 amide bonds. The number of hydrogen-bond acceptors (Lipinski definition) is 1. The summed E-state index contributed by atoms with van der Waals surface area (Å²) in [6, 6.07) is 15.0. The number of rotatable bonds is 2. The zero-order valence-corrected chi connectivity index (χ0v) is 9.35. The molecule has 1 N–H and O–H groups in total. The summed E-state index contributed by atoms with van der Waals surface area (Å²) in [7, 11) is 0. The summed E-state index contributed by atoms with van der Waals surface area (Å²) in [5.74, 6) is 0. The molecule has 0 bridgehead atoms. The molecule has 2 aromatic rings. The second kappa shape index (κ2) is 4.82.